The third-order valence-electron chi connectivity index (χ3n) is 2.99. The van der Waals surface area contributed by atoms with Crippen LogP contribution in [-0.4, -0.2) is 41.2 Å². The van der Waals surface area contributed by atoms with Crippen LogP contribution in [0.25, 0.3) is 10.4 Å². The third kappa shape index (κ3) is 4.08. The Bertz CT molecular complexity index is 355. The first-order valence-electron chi connectivity index (χ1n) is 5.99. The summed E-state index contributed by atoms with van der Waals surface area (Å²) < 4.78 is 0. The van der Waals surface area contributed by atoms with Crippen molar-refractivity contribution in [3.05, 3.63) is 10.4 Å². The molecular weight excluding hydrogens is 252 g/mol. The first-order chi connectivity index (χ1) is 8.42. The van der Waals surface area contributed by atoms with Crippen molar-refractivity contribution in [1.82, 2.24) is 5.32 Å². The van der Waals surface area contributed by atoms with Crippen molar-refractivity contribution in [1.29, 1.82) is 0 Å². The summed E-state index contributed by atoms with van der Waals surface area (Å²) in [7, 11) is 0. The van der Waals surface area contributed by atoms with E-state index in [1.165, 1.54) is 0 Å². The fourth-order valence-electron chi connectivity index (χ4n) is 2.27. The summed E-state index contributed by atoms with van der Waals surface area (Å²) in [5, 5.41) is 16.0. The summed E-state index contributed by atoms with van der Waals surface area (Å²) in [5.74, 6) is 0.793. The van der Waals surface area contributed by atoms with Crippen molar-refractivity contribution in [2.75, 3.05) is 24.6 Å². The van der Waals surface area contributed by atoms with Crippen LogP contribution in [0.3, 0.4) is 0 Å². The molecule has 1 unspecified atom stereocenters. The van der Waals surface area contributed by atoms with E-state index in [9.17, 15) is 9.90 Å². The quantitative estimate of drug-likeness (QED) is 0.335. The molecule has 0 aromatic heterocycles. The fraction of sp³-hybridized carbons (Fsp3) is 0.909. The van der Waals surface area contributed by atoms with Gasteiger partial charge in [0.05, 0.1) is 0 Å². The number of rotatable bonds is 6. The molecule has 1 saturated heterocycles. The molecule has 1 fully saturated rings. The summed E-state index contributed by atoms with van der Waals surface area (Å²) in [4.78, 5) is 14.2. The maximum absolute atomic E-state index is 11.5. The van der Waals surface area contributed by atoms with Crippen LogP contribution >= 0.6 is 11.8 Å². The number of aliphatic carboxylic acids is 1. The SMILES string of the molecule is CC1(C)CSCC(NCCCN=[N+]=[N-])(C(=O)O)C1. The van der Waals surface area contributed by atoms with Crippen molar-refractivity contribution < 1.29 is 9.90 Å². The van der Waals surface area contributed by atoms with Gasteiger partial charge in [-0.3, -0.25) is 4.79 Å². The van der Waals surface area contributed by atoms with Gasteiger partial charge in [0, 0.05) is 17.2 Å². The lowest BCUT2D eigenvalue weighted by molar-refractivity contribution is -0.145. The minimum absolute atomic E-state index is 0.0269. The van der Waals surface area contributed by atoms with E-state index in [4.69, 9.17) is 5.53 Å². The zero-order valence-electron chi connectivity index (χ0n) is 10.8. The van der Waals surface area contributed by atoms with Crippen LogP contribution in [0.1, 0.15) is 26.7 Å². The van der Waals surface area contributed by atoms with Gasteiger partial charge in [-0.1, -0.05) is 19.0 Å². The zero-order valence-corrected chi connectivity index (χ0v) is 11.7. The van der Waals surface area contributed by atoms with Crippen molar-refractivity contribution in [3.63, 3.8) is 0 Å². The van der Waals surface area contributed by atoms with Gasteiger partial charge in [0.1, 0.15) is 5.54 Å². The Balaban J connectivity index is 2.58. The highest BCUT2D eigenvalue weighted by Gasteiger charge is 2.45. The minimum Gasteiger partial charge on any atom is -0.480 e. The Morgan fingerprint density at radius 1 is 1.56 bits per heavy atom. The molecule has 1 atom stereocenters. The lowest BCUT2D eigenvalue weighted by Gasteiger charge is -2.42. The van der Waals surface area contributed by atoms with Gasteiger partial charge in [-0.25, -0.2) is 0 Å². The Morgan fingerprint density at radius 3 is 2.83 bits per heavy atom. The molecule has 0 bridgehead atoms. The number of hydrogen-bond acceptors (Lipinski definition) is 4. The molecule has 0 aromatic carbocycles. The van der Waals surface area contributed by atoms with Crippen LogP contribution in [0.4, 0.5) is 0 Å². The number of carboxylic acid groups (broad SMARTS) is 1. The van der Waals surface area contributed by atoms with Gasteiger partial charge in [0.2, 0.25) is 0 Å². The Morgan fingerprint density at radius 2 is 2.28 bits per heavy atom. The molecule has 1 heterocycles. The summed E-state index contributed by atoms with van der Waals surface area (Å²) in [6.07, 6.45) is 1.29. The normalized spacial score (nSPS) is 26.3. The molecule has 0 radical (unpaired) electrons. The number of azide groups is 1. The zero-order chi connectivity index (χ0) is 13.6. The molecule has 1 rings (SSSR count). The van der Waals surface area contributed by atoms with Gasteiger partial charge >= 0.3 is 5.97 Å². The van der Waals surface area contributed by atoms with Crippen LogP contribution < -0.4 is 5.32 Å². The van der Waals surface area contributed by atoms with Gasteiger partial charge in [0.25, 0.3) is 0 Å². The Labute approximate surface area is 111 Å². The molecular formula is C11H20N4O2S. The molecule has 0 aromatic rings. The number of nitrogens with one attached hydrogen (secondary N) is 1. The number of hydrogen-bond donors (Lipinski definition) is 2. The number of carboxylic acids is 1. The Kier molecular flexibility index (Phi) is 5.31. The molecule has 0 saturated carbocycles. The van der Waals surface area contributed by atoms with Crippen LogP contribution in [-0.2, 0) is 4.79 Å². The van der Waals surface area contributed by atoms with Gasteiger partial charge < -0.3 is 10.4 Å². The van der Waals surface area contributed by atoms with E-state index in [0.29, 0.717) is 31.7 Å². The van der Waals surface area contributed by atoms with Gasteiger partial charge in [-0.05, 0) is 36.1 Å². The van der Waals surface area contributed by atoms with Crippen LogP contribution in [0.15, 0.2) is 5.11 Å². The minimum atomic E-state index is -0.844. The predicted molar refractivity (Wildman–Crippen MR) is 72.7 cm³/mol. The average Bonchev–Trinajstić information content (AvgIpc) is 2.27. The van der Waals surface area contributed by atoms with Gasteiger partial charge in [-0.15, -0.1) is 0 Å². The molecule has 0 aliphatic carbocycles. The standard InChI is InChI=1S/C11H20N4O2S/c1-10(2)6-11(9(16)17,8-18-7-10)13-4-3-5-14-15-12/h13H,3-8H2,1-2H3,(H,16,17). The van der Waals surface area contributed by atoms with Gasteiger partial charge in [-0.2, -0.15) is 11.8 Å². The number of thioether (sulfide) groups is 1. The molecule has 6 nitrogen and oxygen atoms in total. The molecule has 0 spiro atoms. The van der Waals surface area contributed by atoms with E-state index in [1.807, 2.05) is 0 Å². The predicted octanol–water partition coefficient (Wildman–Crippen LogP) is 2.26. The molecule has 7 heteroatoms. The number of nitrogens with zero attached hydrogens (tertiary/aromatic N) is 3. The lowest BCUT2D eigenvalue weighted by atomic mass is 9.79. The Hall–Kier alpha value is -0.910. The smallest absolute Gasteiger partial charge is 0.324 e. The monoisotopic (exact) mass is 272 g/mol. The van der Waals surface area contributed by atoms with E-state index >= 15 is 0 Å². The van der Waals surface area contributed by atoms with Crippen molar-refractivity contribution in [3.8, 4) is 0 Å². The second kappa shape index (κ2) is 6.31. The maximum Gasteiger partial charge on any atom is 0.324 e. The van der Waals surface area contributed by atoms with E-state index in [1.54, 1.807) is 11.8 Å². The first-order valence-corrected chi connectivity index (χ1v) is 7.14. The van der Waals surface area contributed by atoms with Crippen molar-refractivity contribution in [2.24, 2.45) is 10.5 Å². The largest absolute Gasteiger partial charge is 0.480 e. The summed E-state index contributed by atoms with van der Waals surface area (Å²) in [6, 6.07) is 0. The maximum atomic E-state index is 11.5. The highest BCUT2D eigenvalue weighted by atomic mass is 32.2. The number of carbonyl (C=O) groups is 1. The topological polar surface area (TPSA) is 98.1 Å². The van der Waals surface area contributed by atoms with E-state index in [0.717, 1.165) is 5.75 Å². The summed E-state index contributed by atoms with van der Waals surface area (Å²) in [6.45, 7) is 5.15. The van der Waals surface area contributed by atoms with Gasteiger partial charge in [0.15, 0.2) is 0 Å². The molecule has 2 N–H and O–H groups in total. The van der Waals surface area contributed by atoms with Crippen LogP contribution in [0.2, 0.25) is 0 Å². The second-order valence-electron chi connectivity index (χ2n) is 5.46. The van der Waals surface area contributed by atoms with E-state index in [-0.39, 0.29) is 5.41 Å². The molecule has 102 valence electrons. The fourth-order valence-corrected chi connectivity index (χ4v) is 3.70. The average molecular weight is 272 g/mol. The van der Waals surface area contributed by atoms with E-state index < -0.39 is 11.5 Å². The second-order valence-corrected chi connectivity index (χ2v) is 6.44. The molecule has 0 amide bonds. The molecule has 1 aliphatic heterocycles. The van der Waals surface area contributed by atoms with Crippen LogP contribution in [0, 0.1) is 5.41 Å². The molecule has 1 aliphatic rings. The van der Waals surface area contributed by atoms with Crippen LogP contribution in [0.5, 0.6) is 0 Å². The molecule has 18 heavy (non-hydrogen) atoms. The van der Waals surface area contributed by atoms with Crippen molar-refractivity contribution in [2.45, 2.75) is 32.2 Å². The first kappa shape index (κ1) is 15.1. The summed E-state index contributed by atoms with van der Waals surface area (Å²) in [5.41, 5.74) is 7.34. The summed E-state index contributed by atoms with van der Waals surface area (Å²) >= 11 is 1.68. The van der Waals surface area contributed by atoms with E-state index in [2.05, 4.69) is 29.2 Å². The highest BCUT2D eigenvalue weighted by molar-refractivity contribution is 7.99. The third-order valence-corrected chi connectivity index (χ3v) is 4.68. The van der Waals surface area contributed by atoms with Crippen molar-refractivity contribution >= 4 is 17.7 Å². The highest BCUT2D eigenvalue weighted by Crippen LogP contribution is 2.39. The lowest BCUT2D eigenvalue weighted by Crippen LogP contribution is -2.59.